The molecular weight excluding hydrogens is 387 g/mol. The summed E-state index contributed by atoms with van der Waals surface area (Å²) in [5, 5.41) is 11.1. The van der Waals surface area contributed by atoms with Crippen LogP contribution < -0.4 is 0 Å². The van der Waals surface area contributed by atoms with Crippen molar-refractivity contribution in [1.29, 1.82) is 0 Å². The second-order valence-corrected chi connectivity index (χ2v) is 7.63. The lowest BCUT2D eigenvalue weighted by Gasteiger charge is -2.39. The molecule has 1 saturated heterocycles. The Balaban J connectivity index is 2.10. The summed E-state index contributed by atoms with van der Waals surface area (Å²) in [6.45, 7) is 0.517. The van der Waals surface area contributed by atoms with Crippen molar-refractivity contribution in [2.24, 2.45) is 0 Å². The maximum absolute atomic E-state index is 13.3. The fourth-order valence-electron chi connectivity index (χ4n) is 3.42. The van der Waals surface area contributed by atoms with E-state index in [2.05, 4.69) is 0 Å². The number of halogens is 4. The lowest BCUT2D eigenvalue weighted by Crippen LogP contribution is -2.46. The van der Waals surface area contributed by atoms with Gasteiger partial charge in [-0.05, 0) is 48.5 Å². The van der Waals surface area contributed by atoms with Gasteiger partial charge >= 0.3 is 12.1 Å². The van der Waals surface area contributed by atoms with E-state index in [0.29, 0.717) is 18.5 Å². The van der Waals surface area contributed by atoms with Gasteiger partial charge in [0.1, 0.15) is 6.04 Å². The molecule has 3 rings (SSSR count). The molecule has 0 radical (unpaired) electrons. The SMILES string of the molecule is O=C(O)C1CCCCN1C(c1ccc(Cl)c(C(F)(F)F)c1)c1cccs1. The minimum atomic E-state index is -4.57. The standard InChI is InChI=1S/C18H17ClF3NO2S/c19-13-7-6-11(10-12(13)18(20,21)22)16(15-5-3-9-26-15)23-8-2-1-4-14(23)17(24)25/h3,5-7,9-10,14,16H,1-2,4,8H2,(H,24,25). The van der Waals surface area contributed by atoms with E-state index in [1.54, 1.807) is 11.0 Å². The van der Waals surface area contributed by atoms with Crippen LogP contribution in [0.5, 0.6) is 0 Å². The maximum atomic E-state index is 13.3. The molecule has 3 nitrogen and oxygen atoms in total. The molecule has 1 fully saturated rings. The molecule has 140 valence electrons. The van der Waals surface area contributed by atoms with Crippen molar-refractivity contribution in [2.75, 3.05) is 6.54 Å². The van der Waals surface area contributed by atoms with Crippen LogP contribution in [0.4, 0.5) is 13.2 Å². The Morgan fingerprint density at radius 3 is 2.69 bits per heavy atom. The molecule has 1 N–H and O–H groups in total. The molecule has 0 bridgehead atoms. The molecule has 0 saturated carbocycles. The highest BCUT2D eigenvalue weighted by Crippen LogP contribution is 2.41. The van der Waals surface area contributed by atoms with Gasteiger partial charge in [-0.15, -0.1) is 11.3 Å². The predicted molar refractivity (Wildman–Crippen MR) is 94.6 cm³/mol. The molecule has 1 aromatic carbocycles. The van der Waals surface area contributed by atoms with E-state index in [1.807, 2.05) is 17.5 Å². The van der Waals surface area contributed by atoms with Crippen LogP contribution in [0.2, 0.25) is 5.02 Å². The van der Waals surface area contributed by atoms with Gasteiger partial charge in [0.25, 0.3) is 0 Å². The minimum absolute atomic E-state index is 0.361. The molecule has 2 heterocycles. The van der Waals surface area contributed by atoms with E-state index in [1.165, 1.54) is 17.4 Å². The molecule has 0 aliphatic carbocycles. The largest absolute Gasteiger partial charge is 0.480 e. The van der Waals surface area contributed by atoms with E-state index in [9.17, 15) is 23.1 Å². The van der Waals surface area contributed by atoms with Gasteiger partial charge in [-0.25, -0.2) is 0 Å². The fourth-order valence-corrected chi connectivity index (χ4v) is 4.52. The van der Waals surface area contributed by atoms with E-state index in [-0.39, 0.29) is 5.02 Å². The van der Waals surface area contributed by atoms with E-state index >= 15 is 0 Å². The number of alkyl halides is 3. The van der Waals surface area contributed by atoms with Gasteiger partial charge in [0.15, 0.2) is 0 Å². The normalized spacial score (nSPS) is 20.1. The first-order chi connectivity index (χ1) is 12.3. The Morgan fingerprint density at radius 2 is 2.08 bits per heavy atom. The van der Waals surface area contributed by atoms with Crippen LogP contribution in [0.25, 0.3) is 0 Å². The molecule has 2 aromatic rings. The topological polar surface area (TPSA) is 40.5 Å². The van der Waals surface area contributed by atoms with Gasteiger partial charge in [-0.3, -0.25) is 9.69 Å². The summed E-state index contributed by atoms with van der Waals surface area (Å²) in [4.78, 5) is 14.3. The molecule has 2 unspecified atom stereocenters. The van der Waals surface area contributed by atoms with Crippen molar-refractivity contribution < 1.29 is 23.1 Å². The smallest absolute Gasteiger partial charge is 0.417 e. The van der Waals surface area contributed by atoms with Gasteiger partial charge in [0, 0.05) is 4.88 Å². The van der Waals surface area contributed by atoms with Crippen LogP contribution in [0.3, 0.4) is 0 Å². The first-order valence-electron chi connectivity index (χ1n) is 8.17. The van der Waals surface area contributed by atoms with Gasteiger partial charge in [0.05, 0.1) is 16.6 Å². The molecule has 2 atom stereocenters. The second kappa shape index (κ2) is 7.58. The first-order valence-corrected chi connectivity index (χ1v) is 9.43. The van der Waals surface area contributed by atoms with Crippen LogP contribution in [0, 0.1) is 0 Å². The zero-order valence-electron chi connectivity index (χ0n) is 13.7. The molecular formula is C18H17ClF3NO2S. The summed E-state index contributed by atoms with van der Waals surface area (Å²) in [6.07, 6.45) is -2.48. The number of piperidine rings is 1. The van der Waals surface area contributed by atoms with E-state index < -0.39 is 29.8 Å². The number of likely N-dealkylation sites (tertiary alicyclic amines) is 1. The molecule has 1 aromatic heterocycles. The number of thiophene rings is 1. The zero-order chi connectivity index (χ0) is 18.9. The summed E-state index contributed by atoms with van der Waals surface area (Å²) >= 11 is 7.15. The summed E-state index contributed by atoms with van der Waals surface area (Å²) in [5.74, 6) is -0.948. The summed E-state index contributed by atoms with van der Waals surface area (Å²) in [5.41, 5.74) is -0.501. The molecule has 1 aliphatic heterocycles. The minimum Gasteiger partial charge on any atom is -0.480 e. The average Bonchev–Trinajstić information content (AvgIpc) is 3.10. The van der Waals surface area contributed by atoms with E-state index in [4.69, 9.17) is 11.6 Å². The van der Waals surface area contributed by atoms with Gasteiger partial charge in [0.2, 0.25) is 0 Å². The monoisotopic (exact) mass is 403 g/mol. The van der Waals surface area contributed by atoms with Gasteiger partial charge < -0.3 is 5.11 Å². The van der Waals surface area contributed by atoms with E-state index in [0.717, 1.165) is 23.8 Å². The van der Waals surface area contributed by atoms with Crippen molar-refractivity contribution in [3.8, 4) is 0 Å². The van der Waals surface area contributed by atoms with Crippen molar-refractivity contribution in [1.82, 2.24) is 4.90 Å². The Hall–Kier alpha value is -1.57. The maximum Gasteiger partial charge on any atom is 0.417 e. The van der Waals surface area contributed by atoms with Crippen LogP contribution in [0.15, 0.2) is 35.7 Å². The molecule has 1 aliphatic rings. The Bertz CT molecular complexity index is 779. The quantitative estimate of drug-likeness (QED) is 0.738. The molecule has 8 heteroatoms. The molecule has 0 amide bonds. The number of hydrogen-bond acceptors (Lipinski definition) is 3. The highest BCUT2D eigenvalue weighted by Gasteiger charge is 2.38. The highest BCUT2D eigenvalue weighted by atomic mass is 35.5. The van der Waals surface area contributed by atoms with Crippen molar-refractivity contribution in [3.05, 3.63) is 56.7 Å². The van der Waals surface area contributed by atoms with Crippen LogP contribution >= 0.6 is 22.9 Å². The number of nitrogens with zero attached hydrogens (tertiary/aromatic N) is 1. The first kappa shape index (κ1) is 19.2. The summed E-state index contributed by atoms with van der Waals surface area (Å²) < 4.78 is 39.9. The van der Waals surface area contributed by atoms with Crippen LogP contribution in [0.1, 0.15) is 41.3 Å². The molecule has 26 heavy (non-hydrogen) atoms. The fraction of sp³-hybridized carbons (Fsp3) is 0.389. The van der Waals surface area contributed by atoms with Gasteiger partial charge in [-0.2, -0.15) is 13.2 Å². The number of carboxylic acid groups (broad SMARTS) is 1. The lowest BCUT2D eigenvalue weighted by molar-refractivity contribution is -0.145. The number of rotatable bonds is 4. The summed E-state index contributed by atoms with van der Waals surface area (Å²) in [7, 11) is 0. The number of carboxylic acids is 1. The predicted octanol–water partition coefficient (Wildman–Crippen LogP) is 5.45. The Kier molecular flexibility index (Phi) is 5.60. The van der Waals surface area contributed by atoms with Crippen molar-refractivity contribution in [3.63, 3.8) is 0 Å². The number of benzene rings is 1. The third-order valence-electron chi connectivity index (χ3n) is 4.59. The number of hydrogen-bond donors (Lipinski definition) is 1. The summed E-state index contributed by atoms with van der Waals surface area (Å²) in [6, 6.07) is 6.20. The Labute approximate surface area is 158 Å². The zero-order valence-corrected chi connectivity index (χ0v) is 15.2. The third-order valence-corrected chi connectivity index (χ3v) is 5.84. The van der Waals surface area contributed by atoms with Crippen LogP contribution in [-0.4, -0.2) is 28.6 Å². The number of carbonyl (C=O) groups is 1. The van der Waals surface area contributed by atoms with Gasteiger partial charge in [-0.1, -0.05) is 30.2 Å². The second-order valence-electron chi connectivity index (χ2n) is 6.24. The lowest BCUT2D eigenvalue weighted by atomic mass is 9.94. The van der Waals surface area contributed by atoms with Crippen molar-refractivity contribution in [2.45, 2.75) is 37.5 Å². The average molecular weight is 404 g/mol. The van der Waals surface area contributed by atoms with Crippen molar-refractivity contribution >= 4 is 28.9 Å². The Morgan fingerprint density at radius 1 is 1.31 bits per heavy atom. The third kappa shape index (κ3) is 3.89. The highest BCUT2D eigenvalue weighted by molar-refractivity contribution is 7.10. The van der Waals surface area contributed by atoms with Crippen LogP contribution in [-0.2, 0) is 11.0 Å². The number of aliphatic carboxylic acids is 1. The molecule has 0 spiro atoms.